The predicted molar refractivity (Wildman–Crippen MR) is 70.9 cm³/mol. The topological polar surface area (TPSA) is 49.3 Å². The number of halogens is 2. The summed E-state index contributed by atoms with van der Waals surface area (Å²) in [6.07, 6.45) is -0.532. The Hall–Kier alpha value is -0.140. The van der Waals surface area contributed by atoms with Crippen LogP contribution in [0.1, 0.15) is 17.3 Å². The molecule has 0 saturated carbocycles. The molecule has 1 aromatic carbocycles. The number of rotatable bonds is 3. The molecular formula is C10H11BrINO2. The number of nitrogens with one attached hydrogen (secondary N) is 1. The van der Waals surface area contributed by atoms with Crippen molar-refractivity contribution in [1.82, 2.24) is 5.32 Å². The highest BCUT2D eigenvalue weighted by molar-refractivity contribution is 14.1. The van der Waals surface area contributed by atoms with Crippen LogP contribution in [-0.2, 0) is 0 Å². The van der Waals surface area contributed by atoms with E-state index >= 15 is 0 Å². The van der Waals surface area contributed by atoms with Crippen LogP contribution in [0.5, 0.6) is 0 Å². The molecule has 1 rings (SSSR count). The molecule has 0 spiro atoms. The third-order valence-electron chi connectivity index (χ3n) is 1.73. The van der Waals surface area contributed by atoms with Gasteiger partial charge in [0.2, 0.25) is 0 Å². The van der Waals surface area contributed by atoms with Crippen LogP contribution >= 0.6 is 38.5 Å². The Morgan fingerprint density at radius 2 is 2.33 bits per heavy atom. The molecule has 15 heavy (non-hydrogen) atoms. The molecule has 0 aliphatic rings. The van der Waals surface area contributed by atoms with Crippen molar-refractivity contribution in [3.63, 3.8) is 0 Å². The average Bonchev–Trinajstić information content (AvgIpc) is 2.18. The van der Waals surface area contributed by atoms with Crippen molar-refractivity contribution >= 4 is 44.4 Å². The zero-order chi connectivity index (χ0) is 11.4. The van der Waals surface area contributed by atoms with Gasteiger partial charge in [-0.1, -0.05) is 0 Å². The number of carbonyl (C=O) groups excluding carboxylic acids is 1. The molecule has 5 heteroatoms. The molecule has 0 unspecified atom stereocenters. The second-order valence-electron chi connectivity index (χ2n) is 3.18. The molecule has 1 atom stereocenters. The SMILES string of the molecule is C[C@H](O)CNC(=O)c1cc(I)ccc1Br. The molecule has 2 N–H and O–H groups in total. The minimum absolute atomic E-state index is 0.179. The summed E-state index contributed by atoms with van der Waals surface area (Å²) < 4.78 is 1.75. The fourth-order valence-corrected chi connectivity index (χ4v) is 1.93. The van der Waals surface area contributed by atoms with Gasteiger partial charge < -0.3 is 10.4 Å². The quantitative estimate of drug-likeness (QED) is 0.786. The maximum atomic E-state index is 11.7. The second kappa shape index (κ2) is 5.81. The van der Waals surface area contributed by atoms with Crippen LogP contribution in [0.3, 0.4) is 0 Å². The van der Waals surface area contributed by atoms with E-state index in [1.807, 2.05) is 12.1 Å². The van der Waals surface area contributed by atoms with E-state index in [1.165, 1.54) is 0 Å². The second-order valence-corrected chi connectivity index (χ2v) is 5.28. The van der Waals surface area contributed by atoms with E-state index in [2.05, 4.69) is 43.8 Å². The van der Waals surface area contributed by atoms with Gasteiger partial charge in [-0.25, -0.2) is 0 Å². The Bertz CT molecular complexity index is 368. The summed E-state index contributed by atoms with van der Waals surface area (Å²) in [5.41, 5.74) is 0.586. The van der Waals surface area contributed by atoms with Crippen molar-refractivity contribution in [3.8, 4) is 0 Å². The Morgan fingerprint density at radius 1 is 1.67 bits per heavy atom. The van der Waals surface area contributed by atoms with Crippen molar-refractivity contribution in [2.45, 2.75) is 13.0 Å². The molecule has 1 amide bonds. The van der Waals surface area contributed by atoms with E-state index in [0.717, 1.165) is 8.04 Å². The average molecular weight is 384 g/mol. The number of carbonyl (C=O) groups is 1. The van der Waals surface area contributed by atoms with Crippen molar-refractivity contribution in [2.24, 2.45) is 0 Å². The fraction of sp³-hybridized carbons (Fsp3) is 0.300. The van der Waals surface area contributed by atoms with Crippen molar-refractivity contribution in [1.29, 1.82) is 0 Å². The van der Waals surface area contributed by atoms with Gasteiger partial charge in [0.15, 0.2) is 0 Å². The van der Waals surface area contributed by atoms with E-state index in [9.17, 15) is 4.79 Å². The highest BCUT2D eigenvalue weighted by Gasteiger charge is 2.10. The van der Waals surface area contributed by atoms with Crippen LogP contribution in [0.2, 0.25) is 0 Å². The predicted octanol–water partition coefficient (Wildman–Crippen LogP) is 2.16. The molecule has 0 heterocycles. The van der Waals surface area contributed by atoms with Gasteiger partial charge in [0.1, 0.15) is 0 Å². The number of benzene rings is 1. The van der Waals surface area contributed by atoms with Crippen LogP contribution in [0.25, 0.3) is 0 Å². The molecule has 0 fully saturated rings. The lowest BCUT2D eigenvalue weighted by Gasteiger charge is -2.08. The molecule has 0 bridgehead atoms. The normalized spacial score (nSPS) is 12.3. The highest BCUT2D eigenvalue weighted by Crippen LogP contribution is 2.19. The third kappa shape index (κ3) is 4.08. The zero-order valence-corrected chi connectivity index (χ0v) is 11.9. The van der Waals surface area contributed by atoms with Crippen molar-refractivity contribution < 1.29 is 9.90 Å². The molecule has 82 valence electrons. The maximum absolute atomic E-state index is 11.7. The third-order valence-corrected chi connectivity index (χ3v) is 3.09. The summed E-state index contributed by atoms with van der Waals surface area (Å²) in [7, 11) is 0. The maximum Gasteiger partial charge on any atom is 0.252 e. The summed E-state index contributed by atoms with van der Waals surface area (Å²) in [5, 5.41) is 11.7. The highest BCUT2D eigenvalue weighted by atomic mass is 127. The van der Waals surface area contributed by atoms with Crippen LogP contribution in [0.4, 0.5) is 0 Å². The standard InChI is InChI=1S/C10H11BrINO2/c1-6(14)5-13-10(15)8-4-7(12)2-3-9(8)11/h2-4,6,14H,5H2,1H3,(H,13,15)/t6-/m0/s1. The summed E-state index contributed by atoms with van der Waals surface area (Å²) in [6.45, 7) is 1.89. The lowest BCUT2D eigenvalue weighted by Crippen LogP contribution is -2.30. The molecule has 0 aromatic heterocycles. The molecule has 0 saturated heterocycles. The summed E-state index contributed by atoms with van der Waals surface area (Å²) >= 11 is 5.46. The summed E-state index contributed by atoms with van der Waals surface area (Å²) in [6, 6.07) is 5.54. The van der Waals surface area contributed by atoms with E-state index < -0.39 is 6.10 Å². The first-order valence-electron chi connectivity index (χ1n) is 4.42. The molecule has 0 aliphatic carbocycles. The molecule has 0 radical (unpaired) electrons. The Labute approximate surface area is 111 Å². The van der Waals surface area contributed by atoms with E-state index in [4.69, 9.17) is 5.11 Å². The van der Waals surface area contributed by atoms with Gasteiger partial charge in [-0.2, -0.15) is 0 Å². The number of amides is 1. The molecular weight excluding hydrogens is 373 g/mol. The molecule has 3 nitrogen and oxygen atoms in total. The number of aliphatic hydroxyl groups is 1. The van der Waals surface area contributed by atoms with Crippen LogP contribution in [0.15, 0.2) is 22.7 Å². The van der Waals surface area contributed by atoms with Gasteiger partial charge in [-0.05, 0) is 63.6 Å². The lowest BCUT2D eigenvalue weighted by molar-refractivity contribution is 0.0923. The van der Waals surface area contributed by atoms with E-state index in [-0.39, 0.29) is 12.5 Å². The number of hydrogen-bond donors (Lipinski definition) is 2. The fourth-order valence-electron chi connectivity index (χ4n) is 1.01. The zero-order valence-electron chi connectivity index (χ0n) is 8.13. The van der Waals surface area contributed by atoms with E-state index in [0.29, 0.717) is 5.56 Å². The van der Waals surface area contributed by atoms with E-state index in [1.54, 1.807) is 13.0 Å². The first kappa shape index (κ1) is 12.9. The first-order chi connectivity index (χ1) is 7.00. The Morgan fingerprint density at radius 3 is 2.93 bits per heavy atom. The minimum Gasteiger partial charge on any atom is -0.392 e. The van der Waals surface area contributed by atoms with Gasteiger partial charge in [-0.15, -0.1) is 0 Å². The minimum atomic E-state index is -0.532. The largest absolute Gasteiger partial charge is 0.392 e. The van der Waals surface area contributed by atoms with Crippen LogP contribution in [-0.4, -0.2) is 23.7 Å². The Balaban J connectivity index is 2.77. The monoisotopic (exact) mass is 383 g/mol. The first-order valence-corrected chi connectivity index (χ1v) is 6.29. The van der Waals surface area contributed by atoms with Gasteiger partial charge >= 0.3 is 0 Å². The van der Waals surface area contributed by atoms with Gasteiger partial charge in [0.05, 0.1) is 11.7 Å². The van der Waals surface area contributed by atoms with Crippen molar-refractivity contribution in [3.05, 3.63) is 31.8 Å². The molecule has 1 aromatic rings. The van der Waals surface area contributed by atoms with Gasteiger partial charge in [-0.3, -0.25) is 4.79 Å². The summed E-state index contributed by atoms with van der Waals surface area (Å²) in [5.74, 6) is -0.179. The van der Waals surface area contributed by atoms with Crippen LogP contribution < -0.4 is 5.32 Å². The van der Waals surface area contributed by atoms with Gasteiger partial charge in [0, 0.05) is 14.6 Å². The smallest absolute Gasteiger partial charge is 0.252 e. The Kier molecular flexibility index (Phi) is 5.01. The summed E-state index contributed by atoms with van der Waals surface area (Å²) in [4.78, 5) is 11.7. The van der Waals surface area contributed by atoms with Crippen molar-refractivity contribution in [2.75, 3.05) is 6.54 Å². The molecule has 0 aliphatic heterocycles. The van der Waals surface area contributed by atoms with Crippen LogP contribution in [0, 0.1) is 3.57 Å². The van der Waals surface area contributed by atoms with Gasteiger partial charge in [0.25, 0.3) is 5.91 Å². The number of hydrogen-bond acceptors (Lipinski definition) is 2. The number of aliphatic hydroxyl groups excluding tert-OH is 1. The lowest BCUT2D eigenvalue weighted by atomic mass is 10.2.